The van der Waals surface area contributed by atoms with Crippen molar-refractivity contribution in [3.63, 3.8) is 0 Å². The minimum absolute atomic E-state index is 0.0252. The van der Waals surface area contributed by atoms with E-state index >= 15 is 0 Å². The maximum absolute atomic E-state index is 12.5. The topological polar surface area (TPSA) is 57.6 Å². The molecular weight excluding hydrogens is 300 g/mol. The van der Waals surface area contributed by atoms with E-state index in [4.69, 9.17) is 5.11 Å². The van der Waals surface area contributed by atoms with Crippen molar-refractivity contribution < 1.29 is 22.3 Å². The van der Waals surface area contributed by atoms with Crippen LogP contribution in [0.4, 0.5) is 8.78 Å². The summed E-state index contributed by atoms with van der Waals surface area (Å²) in [5, 5.41) is 8.90. The lowest BCUT2D eigenvalue weighted by atomic mass is 9.92. The van der Waals surface area contributed by atoms with Gasteiger partial charge in [0.05, 0.1) is 18.0 Å². The van der Waals surface area contributed by atoms with E-state index < -0.39 is 29.6 Å². The van der Waals surface area contributed by atoms with E-state index in [0.717, 1.165) is 36.8 Å². The molecule has 0 aromatic heterocycles. The number of fused-ring (bicyclic) bond motifs is 1. The van der Waals surface area contributed by atoms with Gasteiger partial charge >= 0.3 is 0 Å². The van der Waals surface area contributed by atoms with Crippen LogP contribution in [0.2, 0.25) is 0 Å². The van der Waals surface area contributed by atoms with Crippen molar-refractivity contribution in [3.8, 4) is 0 Å². The van der Waals surface area contributed by atoms with Gasteiger partial charge in [-0.2, -0.15) is 4.31 Å². The van der Waals surface area contributed by atoms with Crippen LogP contribution in [0.5, 0.6) is 0 Å². The Kier molecular flexibility index (Phi) is 5.29. The molecule has 0 spiro atoms. The van der Waals surface area contributed by atoms with Crippen molar-refractivity contribution in [2.45, 2.75) is 37.0 Å². The molecule has 1 aromatic carbocycles. The fourth-order valence-corrected chi connectivity index (χ4v) is 4.05. The second kappa shape index (κ2) is 6.81. The van der Waals surface area contributed by atoms with Crippen LogP contribution in [0.15, 0.2) is 23.1 Å². The summed E-state index contributed by atoms with van der Waals surface area (Å²) in [7, 11) is -4.00. The zero-order chi connectivity index (χ0) is 15.5. The van der Waals surface area contributed by atoms with Crippen LogP contribution in [-0.4, -0.2) is 44.0 Å². The van der Waals surface area contributed by atoms with Gasteiger partial charge in [0, 0.05) is 6.54 Å². The van der Waals surface area contributed by atoms with Gasteiger partial charge in [-0.25, -0.2) is 17.2 Å². The maximum Gasteiger partial charge on any atom is 0.252 e. The molecule has 0 heterocycles. The molecule has 0 radical (unpaired) electrons. The second-order valence-corrected chi connectivity index (χ2v) is 7.05. The van der Waals surface area contributed by atoms with E-state index in [2.05, 4.69) is 0 Å². The molecule has 0 saturated heterocycles. The monoisotopic (exact) mass is 319 g/mol. The van der Waals surface area contributed by atoms with Gasteiger partial charge in [0.1, 0.15) is 0 Å². The van der Waals surface area contributed by atoms with Crippen LogP contribution in [0, 0.1) is 0 Å². The number of benzene rings is 1. The summed E-state index contributed by atoms with van der Waals surface area (Å²) in [4.78, 5) is 0.0252. The summed E-state index contributed by atoms with van der Waals surface area (Å²) < 4.78 is 50.6. The maximum atomic E-state index is 12.5. The third-order valence-electron chi connectivity index (χ3n) is 3.65. The van der Waals surface area contributed by atoms with Gasteiger partial charge in [-0.3, -0.25) is 0 Å². The molecule has 0 unspecified atom stereocenters. The molecule has 21 heavy (non-hydrogen) atoms. The minimum Gasteiger partial charge on any atom is -0.395 e. The molecule has 0 saturated carbocycles. The van der Waals surface area contributed by atoms with Gasteiger partial charge in [0.25, 0.3) is 6.43 Å². The highest BCUT2D eigenvalue weighted by Gasteiger charge is 2.27. The van der Waals surface area contributed by atoms with E-state index in [9.17, 15) is 17.2 Å². The van der Waals surface area contributed by atoms with Crippen LogP contribution < -0.4 is 0 Å². The van der Waals surface area contributed by atoms with Crippen molar-refractivity contribution in [3.05, 3.63) is 29.3 Å². The van der Waals surface area contributed by atoms with Crippen LogP contribution in [-0.2, 0) is 22.9 Å². The summed E-state index contributed by atoms with van der Waals surface area (Å²) in [6, 6.07) is 4.82. The third-order valence-corrected chi connectivity index (χ3v) is 5.51. The normalized spacial score (nSPS) is 15.5. The summed E-state index contributed by atoms with van der Waals surface area (Å²) in [6.07, 6.45) is 1.05. The van der Waals surface area contributed by atoms with Crippen LogP contribution in [0.25, 0.3) is 0 Å². The molecule has 7 heteroatoms. The van der Waals surface area contributed by atoms with Gasteiger partial charge in [-0.05, 0) is 48.9 Å². The van der Waals surface area contributed by atoms with Gasteiger partial charge in [0.2, 0.25) is 10.0 Å². The smallest absolute Gasteiger partial charge is 0.252 e. The number of nitrogens with zero attached hydrogens (tertiary/aromatic N) is 1. The van der Waals surface area contributed by atoms with Crippen molar-refractivity contribution in [2.24, 2.45) is 0 Å². The fraction of sp³-hybridized carbons (Fsp3) is 0.571. The lowest BCUT2D eigenvalue weighted by molar-refractivity contribution is 0.113. The molecule has 4 nitrogen and oxygen atoms in total. The fourth-order valence-electron chi connectivity index (χ4n) is 2.59. The first-order chi connectivity index (χ1) is 9.95. The zero-order valence-electron chi connectivity index (χ0n) is 11.6. The summed E-state index contributed by atoms with van der Waals surface area (Å²) in [5.41, 5.74) is 2.10. The standard InChI is InChI=1S/C14H19F2NO3S/c15-14(16)10-17(7-8-18)21(19,20)13-6-5-11-3-1-2-4-12(11)9-13/h5-6,9,14,18H,1-4,7-8,10H2. The SMILES string of the molecule is O=S(=O)(c1ccc2c(c1)CCCC2)N(CCO)CC(F)F. The van der Waals surface area contributed by atoms with Gasteiger partial charge in [0.15, 0.2) is 0 Å². The first kappa shape index (κ1) is 16.3. The second-order valence-electron chi connectivity index (χ2n) is 5.12. The number of hydrogen-bond donors (Lipinski definition) is 1. The highest BCUT2D eigenvalue weighted by Crippen LogP contribution is 2.25. The van der Waals surface area contributed by atoms with E-state index in [0.29, 0.717) is 4.31 Å². The van der Waals surface area contributed by atoms with Crippen molar-refractivity contribution >= 4 is 10.0 Å². The number of aliphatic hydroxyl groups is 1. The van der Waals surface area contributed by atoms with Crippen LogP contribution in [0.1, 0.15) is 24.0 Å². The molecule has 2 rings (SSSR count). The Morgan fingerprint density at radius 3 is 2.48 bits per heavy atom. The Balaban J connectivity index is 2.32. The Bertz CT molecular complexity index is 590. The van der Waals surface area contributed by atoms with Gasteiger partial charge in [-0.1, -0.05) is 6.07 Å². The minimum atomic E-state index is -4.00. The number of halogens is 2. The molecule has 118 valence electrons. The van der Waals surface area contributed by atoms with Crippen LogP contribution in [0.3, 0.4) is 0 Å². The lowest BCUT2D eigenvalue weighted by Crippen LogP contribution is -2.37. The number of sulfonamides is 1. The molecule has 1 aliphatic carbocycles. The summed E-state index contributed by atoms with van der Waals surface area (Å²) >= 11 is 0. The van der Waals surface area contributed by atoms with E-state index in [1.54, 1.807) is 12.1 Å². The third kappa shape index (κ3) is 3.78. The molecule has 1 N–H and O–H groups in total. The van der Waals surface area contributed by atoms with Gasteiger partial charge in [-0.15, -0.1) is 0 Å². The Labute approximate surface area is 123 Å². The van der Waals surface area contributed by atoms with Crippen molar-refractivity contribution in [2.75, 3.05) is 19.7 Å². The quantitative estimate of drug-likeness (QED) is 0.870. The first-order valence-corrected chi connectivity index (χ1v) is 8.40. The first-order valence-electron chi connectivity index (χ1n) is 6.96. The number of aliphatic hydroxyl groups excluding tert-OH is 1. The molecular formula is C14H19F2NO3S. The van der Waals surface area contributed by atoms with E-state index in [1.807, 2.05) is 0 Å². The van der Waals surface area contributed by atoms with Crippen LogP contribution >= 0.6 is 0 Å². The number of aryl methyl sites for hydroxylation is 2. The lowest BCUT2D eigenvalue weighted by Gasteiger charge is -2.22. The average molecular weight is 319 g/mol. The van der Waals surface area contributed by atoms with E-state index in [1.165, 1.54) is 6.07 Å². The Morgan fingerprint density at radius 2 is 1.86 bits per heavy atom. The zero-order valence-corrected chi connectivity index (χ0v) is 12.5. The number of rotatable bonds is 6. The summed E-state index contributed by atoms with van der Waals surface area (Å²) in [6.45, 7) is -1.72. The van der Waals surface area contributed by atoms with Crippen molar-refractivity contribution in [1.29, 1.82) is 0 Å². The Morgan fingerprint density at radius 1 is 1.19 bits per heavy atom. The highest BCUT2D eigenvalue weighted by molar-refractivity contribution is 7.89. The molecule has 0 amide bonds. The molecule has 0 atom stereocenters. The van der Waals surface area contributed by atoms with E-state index in [-0.39, 0.29) is 11.4 Å². The number of alkyl halides is 2. The predicted octanol–water partition coefficient (Wildman–Crippen LogP) is 1.81. The Hall–Kier alpha value is -1.05. The summed E-state index contributed by atoms with van der Waals surface area (Å²) in [5.74, 6) is 0. The molecule has 0 bridgehead atoms. The highest BCUT2D eigenvalue weighted by atomic mass is 32.2. The average Bonchev–Trinajstić information content (AvgIpc) is 2.46. The predicted molar refractivity (Wildman–Crippen MR) is 74.9 cm³/mol. The molecule has 0 fully saturated rings. The van der Waals surface area contributed by atoms with Gasteiger partial charge < -0.3 is 5.11 Å². The number of hydrogen-bond acceptors (Lipinski definition) is 3. The van der Waals surface area contributed by atoms with Crippen molar-refractivity contribution in [1.82, 2.24) is 4.31 Å². The molecule has 1 aromatic rings. The largest absolute Gasteiger partial charge is 0.395 e. The molecule has 0 aliphatic heterocycles. The molecule has 1 aliphatic rings.